The average molecular weight is 254 g/mol. The van der Waals surface area contributed by atoms with E-state index in [0.29, 0.717) is 13.0 Å². The zero-order valence-corrected chi connectivity index (χ0v) is 11.0. The fourth-order valence-electron chi connectivity index (χ4n) is 0.799. The molecule has 7 heteroatoms. The first-order valence-corrected chi connectivity index (χ1v) is 6.84. The zero-order chi connectivity index (χ0) is 12.6. The molecule has 0 aliphatic carbocycles. The van der Waals surface area contributed by atoms with E-state index < -0.39 is 13.9 Å². The van der Waals surface area contributed by atoms with E-state index in [9.17, 15) is 9.46 Å². The Morgan fingerprint density at radius 3 is 2.56 bits per heavy atom. The fourth-order valence-corrected chi connectivity index (χ4v) is 1.53. The zero-order valence-electron chi connectivity index (χ0n) is 10.1. The molecule has 98 valence electrons. The van der Waals surface area contributed by atoms with Gasteiger partial charge in [0, 0.05) is 6.54 Å². The summed E-state index contributed by atoms with van der Waals surface area (Å²) in [6, 6.07) is 0. The van der Waals surface area contributed by atoms with Crippen molar-refractivity contribution >= 4 is 7.82 Å². The number of rotatable bonds is 9. The molecule has 0 fully saturated rings. The van der Waals surface area contributed by atoms with Crippen molar-refractivity contribution in [1.29, 1.82) is 0 Å². The third kappa shape index (κ3) is 8.21. The summed E-state index contributed by atoms with van der Waals surface area (Å²) in [5.41, 5.74) is 0. The van der Waals surface area contributed by atoms with Crippen LogP contribution in [0.3, 0.4) is 0 Å². The van der Waals surface area contributed by atoms with Crippen molar-refractivity contribution in [3.8, 4) is 0 Å². The van der Waals surface area contributed by atoms with Gasteiger partial charge in [-0.2, -0.15) is 0 Å². The van der Waals surface area contributed by atoms with Crippen molar-refractivity contribution < 1.29 is 23.6 Å². The standard InChI is InChI=1S/C9H22NO5P/c1-4-9(11)8-15-16(12,13)14-7-6-10(3)5-2/h9,11H,4-8H2,1-3H3,(H,12,13)/p-1. The summed E-state index contributed by atoms with van der Waals surface area (Å²) in [6.45, 7) is 4.85. The maximum absolute atomic E-state index is 11.2. The molecule has 1 N–H and O–H groups in total. The van der Waals surface area contributed by atoms with E-state index in [0.717, 1.165) is 6.54 Å². The molecule has 16 heavy (non-hydrogen) atoms. The molecule has 0 saturated carbocycles. The molecule has 0 radical (unpaired) electrons. The molecule has 2 unspecified atom stereocenters. The van der Waals surface area contributed by atoms with Crippen molar-refractivity contribution in [2.24, 2.45) is 0 Å². The van der Waals surface area contributed by atoms with Gasteiger partial charge in [-0.15, -0.1) is 0 Å². The predicted octanol–water partition coefficient (Wildman–Crippen LogP) is 0.211. The SMILES string of the molecule is CCC(O)COP(=O)([O-])OCCN(C)CC. The number of hydrogen-bond donors (Lipinski definition) is 1. The van der Waals surface area contributed by atoms with Crippen molar-refractivity contribution in [2.75, 3.05) is 33.4 Å². The lowest BCUT2D eigenvalue weighted by atomic mass is 10.3. The van der Waals surface area contributed by atoms with Crippen LogP contribution >= 0.6 is 7.82 Å². The van der Waals surface area contributed by atoms with Crippen LogP contribution in [0.5, 0.6) is 0 Å². The predicted molar refractivity (Wildman–Crippen MR) is 59.0 cm³/mol. The minimum atomic E-state index is -4.26. The van der Waals surface area contributed by atoms with Crippen LogP contribution in [0.4, 0.5) is 0 Å². The molecule has 0 bridgehead atoms. The molecular formula is C9H21NO5P-. The summed E-state index contributed by atoms with van der Waals surface area (Å²) in [5, 5.41) is 9.12. The van der Waals surface area contributed by atoms with Gasteiger partial charge in [0.05, 0.1) is 19.3 Å². The van der Waals surface area contributed by atoms with Crippen LogP contribution in [0, 0.1) is 0 Å². The maximum atomic E-state index is 11.2. The third-order valence-electron chi connectivity index (χ3n) is 2.16. The second-order valence-corrected chi connectivity index (χ2v) is 4.94. The normalized spacial score (nSPS) is 17.4. The van der Waals surface area contributed by atoms with E-state index in [2.05, 4.69) is 9.05 Å². The molecule has 0 spiro atoms. The van der Waals surface area contributed by atoms with E-state index in [1.54, 1.807) is 6.92 Å². The van der Waals surface area contributed by atoms with E-state index in [1.807, 2.05) is 18.9 Å². The van der Waals surface area contributed by atoms with E-state index in [4.69, 9.17) is 5.11 Å². The topological polar surface area (TPSA) is 82.1 Å². The quantitative estimate of drug-likeness (QED) is 0.592. The maximum Gasteiger partial charge on any atom is 0.268 e. The van der Waals surface area contributed by atoms with E-state index >= 15 is 0 Å². The highest BCUT2D eigenvalue weighted by atomic mass is 31.2. The van der Waals surface area contributed by atoms with Crippen LogP contribution in [0.1, 0.15) is 20.3 Å². The lowest BCUT2D eigenvalue weighted by Crippen LogP contribution is -2.24. The average Bonchev–Trinajstić information content (AvgIpc) is 2.25. The van der Waals surface area contributed by atoms with Crippen LogP contribution in [0.25, 0.3) is 0 Å². The number of nitrogens with zero attached hydrogens (tertiary/aromatic N) is 1. The molecule has 2 atom stereocenters. The lowest BCUT2D eigenvalue weighted by molar-refractivity contribution is -0.227. The molecule has 0 aromatic rings. The molecule has 0 saturated heterocycles. The Morgan fingerprint density at radius 1 is 1.44 bits per heavy atom. The van der Waals surface area contributed by atoms with Gasteiger partial charge in [0.25, 0.3) is 7.82 Å². The fraction of sp³-hybridized carbons (Fsp3) is 1.00. The summed E-state index contributed by atoms with van der Waals surface area (Å²) >= 11 is 0. The highest BCUT2D eigenvalue weighted by Crippen LogP contribution is 2.38. The first-order chi connectivity index (χ1) is 7.41. The Labute approximate surface area is 96.8 Å². The lowest BCUT2D eigenvalue weighted by Gasteiger charge is -2.24. The van der Waals surface area contributed by atoms with Gasteiger partial charge < -0.3 is 23.9 Å². The Morgan fingerprint density at radius 2 is 2.06 bits per heavy atom. The van der Waals surface area contributed by atoms with Crippen LogP contribution in [0.15, 0.2) is 0 Å². The summed E-state index contributed by atoms with van der Waals surface area (Å²) < 4.78 is 20.3. The number of aliphatic hydroxyl groups is 1. The van der Waals surface area contributed by atoms with Crippen LogP contribution < -0.4 is 4.89 Å². The van der Waals surface area contributed by atoms with Crippen molar-refractivity contribution in [1.82, 2.24) is 4.90 Å². The third-order valence-corrected chi connectivity index (χ3v) is 3.12. The van der Waals surface area contributed by atoms with Gasteiger partial charge in [0.15, 0.2) is 0 Å². The van der Waals surface area contributed by atoms with Gasteiger partial charge in [-0.3, -0.25) is 4.57 Å². The molecule has 0 amide bonds. The summed E-state index contributed by atoms with van der Waals surface area (Å²) in [7, 11) is -2.40. The summed E-state index contributed by atoms with van der Waals surface area (Å²) in [4.78, 5) is 13.1. The molecule has 0 aromatic heterocycles. The van der Waals surface area contributed by atoms with Crippen LogP contribution in [0.2, 0.25) is 0 Å². The Kier molecular flexibility index (Phi) is 8.18. The first kappa shape index (κ1) is 16.0. The molecule has 0 heterocycles. The largest absolute Gasteiger partial charge is 0.756 e. The van der Waals surface area contributed by atoms with E-state index in [-0.39, 0.29) is 13.2 Å². The number of likely N-dealkylation sites (N-methyl/N-ethyl adjacent to an activating group) is 1. The molecule has 0 aliphatic heterocycles. The van der Waals surface area contributed by atoms with Gasteiger partial charge in [-0.1, -0.05) is 13.8 Å². The van der Waals surface area contributed by atoms with Gasteiger partial charge in [-0.05, 0) is 20.0 Å². The minimum Gasteiger partial charge on any atom is -0.756 e. The number of aliphatic hydroxyl groups excluding tert-OH is 1. The molecule has 0 aliphatic rings. The van der Waals surface area contributed by atoms with Gasteiger partial charge in [-0.25, -0.2) is 0 Å². The van der Waals surface area contributed by atoms with Crippen molar-refractivity contribution in [2.45, 2.75) is 26.4 Å². The molecule has 0 rings (SSSR count). The molecule has 0 aromatic carbocycles. The number of phosphoric acid groups is 1. The molecular weight excluding hydrogens is 233 g/mol. The number of phosphoric ester groups is 1. The minimum absolute atomic E-state index is 0.0628. The van der Waals surface area contributed by atoms with Gasteiger partial charge in [0.1, 0.15) is 0 Å². The summed E-state index contributed by atoms with van der Waals surface area (Å²) in [6.07, 6.45) is -0.331. The highest BCUT2D eigenvalue weighted by Gasteiger charge is 2.12. The van der Waals surface area contributed by atoms with Crippen LogP contribution in [-0.2, 0) is 13.6 Å². The monoisotopic (exact) mass is 254 g/mol. The second-order valence-electron chi connectivity index (χ2n) is 3.53. The first-order valence-electron chi connectivity index (χ1n) is 5.38. The van der Waals surface area contributed by atoms with Crippen molar-refractivity contribution in [3.05, 3.63) is 0 Å². The van der Waals surface area contributed by atoms with Gasteiger partial charge >= 0.3 is 0 Å². The van der Waals surface area contributed by atoms with Crippen molar-refractivity contribution in [3.63, 3.8) is 0 Å². The Hall–Kier alpha value is 0.0300. The van der Waals surface area contributed by atoms with Gasteiger partial charge in [0.2, 0.25) is 0 Å². The Balaban J connectivity index is 3.74. The van der Waals surface area contributed by atoms with Crippen LogP contribution in [-0.4, -0.2) is 49.5 Å². The highest BCUT2D eigenvalue weighted by molar-refractivity contribution is 7.45. The number of hydrogen-bond acceptors (Lipinski definition) is 6. The Bertz CT molecular complexity index is 226. The smallest absolute Gasteiger partial charge is 0.268 e. The molecule has 6 nitrogen and oxygen atoms in total. The summed E-state index contributed by atoms with van der Waals surface area (Å²) in [5.74, 6) is 0. The second kappa shape index (κ2) is 8.17. The van der Waals surface area contributed by atoms with E-state index in [1.165, 1.54) is 0 Å².